The largest absolute Gasteiger partial charge is 0.254 e. The zero-order valence-electron chi connectivity index (χ0n) is 20.0. The predicted octanol–water partition coefficient (Wildman–Crippen LogP) is 8.01. The van der Waals surface area contributed by atoms with Crippen LogP contribution in [0.3, 0.4) is 0 Å². The highest BCUT2D eigenvalue weighted by Crippen LogP contribution is 2.21. The lowest BCUT2D eigenvalue weighted by atomic mass is 10.1. The molecule has 4 heterocycles. The number of benzene rings is 2. The van der Waals surface area contributed by atoms with Crippen LogP contribution in [0.1, 0.15) is 33.6 Å². The average Bonchev–Trinajstić information content (AvgIpc) is 2.93. The molecule has 0 N–H and O–H groups in total. The molecule has 34 heavy (non-hydrogen) atoms. The number of aromatic nitrogens is 4. The van der Waals surface area contributed by atoms with Crippen molar-refractivity contribution in [2.75, 3.05) is 0 Å². The molecule has 0 aliphatic carbocycles. The number of rotatable bonds is 2. The standard InChI is InChI=1S/2C12H8N2.C6H14/c2*1-3-9-5-6-10-4-2-8-14-12(10)11(9)13-7-1;1-4-6(3)5-2/h2*1-8H;6H,4-5H2,1-3H3. The van der Waals surface area contributed by atoms with Crippen molar-refractivity contribution >= 4 is 43.6 Å². The Labute approximate surface area is 200 Å². The number of pyridine rings is 4. The second kappa shape index (κ2) is 11.3. The highest BCUT2D eigenvalue weighted by atomic mass is 14.7. The second-order valence-electron chi connectivity index (χ2n) is 8.35. The Morgan fingerprint density at radius 1 is 0.471 bits per heavy atom. The smallest absolute Gasteiger partial charge is 0.0964 e. The summed E-state index contributed by atoms with van der Waals surface area (Å²) >= 11 is 0. The molecule has 0 atom stereocenters. The summed E-state index contributed by atoms with van der Waals surface area (Å²) in [6.45, 7) is 6.74. The minimum Gasteiger partial charge on any atom is -0.254 e. The molecule has 4 aromatic heterocycles. The van der Waals surface area contributed by atoms with Gasteiger partial charge in [-0.1, -0.05) is 82.1 Å². The number of hydrogen-bond donors (Lipinski definition) is 0. The summed E-state index contributed by atoms with van der Waals surface area (Å²) in [6, 6.07) is 24.3. The van der Waals surface area contributed by atoms with Gasteiger partial charge < -0.3 is 0 Å². The maximum absolute atomic E-state index is 4.35. The molecule has 6 rings (SSSR count). The molecule has 6 aromatic rings. The van der Waals surface area contributed by atoms with E-state index in [4.69, 9.17) is 0 Å². The first-order chi connectivity index (χ1) is 16.7. The van der Waals surface area contributed by atoms with Crippen LogP contribution in [0.2, 0.25) is 0 Å². The summed E-state index contributed by atoms with van der Waals surface area (Å²) in [4.78, 5) is 17.4. The quantitative estimate of drug-likeness (QED) is 0.253. The zero-order valence-corrected chi connectivity index (χ0v) is 20.0. The zero-order chi connectivity index (χ0) is 23.8. The van der Waals surface area contributed by atoms with Gasteiger partial charge in [0.25, 0.3) is 0 Å². The van der Waals surface area contributed by atoms with Gasteiger partial charge in [0.2, 0.25) is 0 Å². The fraction of sp³-hybridized carbons (Fsp3) is 0.200. The highest BCUT2D eigenvalue weighted by molar-refractivity contribution is 6.03. The lowest BCUT2D eigenvalue weighted by Crippen LogP contribution is -1.85. The molecule has 170 valence electrons. The molecule has 0 aliphatic rings. The van der Waals surface area contributed by atoms with Crippen molar-refractivity contribution < 1.29 is 0 Å². The number of hydrogen-bond acceptors (Lipinski definition) is 4. The lowest BCUT2D eigenvalue weighted by molar-refractivity contribution is 0.544. The van der Waals surface area contributed by atoms with Gasteiger partial charge in [0.15, 0.2) is 0 Å². The third-order valence-electron chi connectivity index (χ3n) is 6.08. The average molecular weight is 447 g/mol. The second-order valence-corrected chi connectivity index (χ2v) is 8.35. The van der Waals surface area contributed by atoms with E-state index >= 15 is 0 Å². The first-order valence-corrected chi connectivity index (χ1v) is 11.9. The van der Waals surface area contributed by atoms with Gasteiger partial charge in [0.1, 0.15) is 0 Å². The fourth-order valence-corrected chi connectivity index (χ4v) is 3.65. The van der Waals surface area contributed by atoms with E-state index < -0.39 is 0 Å². The van der Waals surface area contributed by atoms with Crippen LogP contribution < -0.4 is 0 Å². The molecule has 0 amide bonds. The minimum absolute atomic E-state index is 0.935. The van der Waals surface area contributed by atoms with Crippen molar-refractivity contribution in [3.8, 4) is 0 Å². The Bertz CT molecular complexity index is 1290. The molecule has 4 heteroatoms. The molecular weight excluding hydrogens is 416 g/mol. The van der Waals surface area contributed by atoms with Gasteiger partial charge in [0.05, 0.1) is 22.1 Å². The van der Waals surface area contributed by atoms with Gasteiger partial charge in [-0.2, -0.15) is 0 Å². The van der Waals surface area contributed by atoms with Crippen molar-refractivity contribution in [3.63, 3.8) is 0 Å². The van der Waals surface area contributed by atoms with Gasteiger partial charge in [-0.25, -0.2) is 0 Å². The fourth-order valence-electron chi connectivity index (χ4n) is 3.65. The third-order valence-corrected chi connectivity index (χ3v) is 6.08. The maximum atomic E-state index is 4.35. The SMILES string of the molecule is CCC(C)CC.c1cnc2c(c1)ccc1cccnc12.c1cnc2c(c1)ccc1cccnc12. The first kappa shape index (κ1) is 23.2. The van der Waals surface area contributed by atoms with E-state index in [2.05, 4.69) is 89.2 Å². The molecule has 0 saturated heterocycles. The number of nitrogens with zero attached hydrogens (tertiary/aromatic N) is 4. The Morgan fingerprint density at radius 2 is 0.735 bits per heavy atom. The van der Waals surface area contributed by atoms with Crippen LogP contribution in [-0.4, -0.2) is 19.9 Å². The van der Waals surface area contributed by atoms with Crippen molar-refractivity contribution in [2.24, 2.45) is 5.92 Å². The van der Waals surface area contributed by atoms with Crippen LogP contribution in [0.5, 0.6) is 0 Å². The van der Waals surface area contributed by atoms with Crippen LogP contribution in [-0.2, 0) is 0 Å². The number of fused-ring (bicyclic) bond motifs is 6. The van der Waals surface area contributed by atoms with Crippen LogP contribution in [0.4, 0.5) is 0 Å². The van der Waals surface area contributed by atoms with Gasteiger partial charge in [-0.3, -0.25) is 19.9 Å². The summed E-state index contributed by atoms with van der Waals surface area (Å²) in [6.07, 6.45) is 9.87. The van der Waals surface area contributed by atoms with Crippen LogP contribution >= 0.6 is 0 Å². The molecule has 0 fully saturated rings. The Balaban J connectivity index is 0.000000132. The van der Waals surface area contributed by atoms with Gasteiger partial charge in [0, 0.05) is 46.3 Å². The van der Waals surface area contributed by atoms with E-state index in [-0.39, 0.29) is 0 Å². The molecule has 2 aromatic carbocycles. The molecule has 0 radical (unpaired) electrons. The molecule has 4 nitrogen and oxygen atoms in total. The monoisotopic (exact) mass is 446 g/mol. The Hall–Kier alpha value is -3.92. The van der Waals surface area contributed by atoms with Crippen LogP contribution in [0, 0.1) is 5.92 Å². The highest BCUT2D eigenvalue weighted by Gasteiger charge is 2.01. The van der Waals surface area contributed by atoms with Crippen molar-refractivity contribution in [2.45, 2.75) is 33.6 Å². The molecule has 0 saturated carbocycles. The summed E-state index contributed by atoms with van der Waals surface area (Å²) in [5.41, 5.74) is 3.91. The van der Waals surface area contributed by atoms with Crippen molar-refractivity contribution in [1.29, 1.82) is 0 Å². The van der Waals surface area contributed by atoms with Crippen LogP contribution in [0.25, 0.3) is 43.6 Å². The van der Waals surface area contributed by atoms with Gasteiger partial charge in [-0.05, 0) is 30.2 Å². The molecule has 0 spiro atoms. The molecule has 0 unspecified atom stereocenters. The van der Waals surface area contributed by atoms with Crippen molar-refractivity contribution in [3.05, 3.63) is 97.6 Å². The maximum Gasteiger partial charge on any atom is 0.0964 e. The Kier molecular flexibility index (Phi) is 7.71. The first-order valence-electron chi connectivity index (χ1n) is 11.9. The van der Waals surface area contributed by atoms with E-state index in [9.17, 15) is 0 Å². The van der Waals surface area contributed by atoms with E-state index in [1.54, 1.807) is 24.8 Å². The third kappa shape index (κ3) is 5.34. The summed E-state index contributed by atoms with van der Waals surface area (Å²) in [7, 11) is 0. The Morgan fingerprint density at radius 3 is 0.941 bits per heavy atom. The molecular formula is C30H30N4. The van der Waals surface area contributed by atoms with E-state index in [0.29, 0.717) is 0 Å². The molecule has 0 aliphatic heterocycles. The lowest BCUT2D eigenvalue weighted by Gasteiger charge is -2.00. The summed E-state index contributed by atoms with van der Waals surface area (Å²) < 4.78 is 0. The summed E-state index contributed by atoms with van der Waals surface area (Å²) in [5, 5.41) is 4.55. The van der Waals surface area contributed by atoms with E-state index in [0.717, 1.165) is 49.5 Å². The summed E-state index contributed by atoms with van der Waals surface area (Å²) in [5.74, 6) is 0.935. The van der Waals surface area contributed by atoms with E-state index in [1.165, 1.54) is 12.8 Å². The topological polar surface area (TPSA) is 51.6 Å². The van der Waals surface area contributed by atoms with Crippen molar-refractivity contribution in [1.82, 2.24) is 19.9 Å². The van der Waals surface area contributed by atoms with Gasteiger partial charge in [-0.15, -0.1) is 0 Å². The minimum atomic E-state index is 0.935. The normalized spacial score (nSPS) is 10.7. The van der Waals surface area contributed by atoms with Gasteiger partial charge >= 0.3 is 0 Å². The van der Waals surface area contributed by atoms with Crippen LogP contribution in [0.15, 0.2) is 97.6 Å². The molecule has 0 bridgehead atoms. The van der Waals surface area contributed by atoms with E-state index in [1.807, 2.05) is 24.3 Å². The predicted molar refractivity (Wildman–Crippen MR) is 144 cm³/mol.